The molecule has 10 heteroatoms. The van der Waals surface area contributed by atoms with Crippen LogP contribution in [0, 0.1) is 6.92 Å². The van der Waals surface area contributed by atoms with Crippen LogP contribution in [0.5, 0.6) is 0 Å². The van der Waals surface area contributed by atoms with E-state index in [1.807, 2.05) is 27.0 Å². The van der Waals surface area contributed by atoms with Gasteiger partial charge in [0.25, 0.3) is 0 Å². The molecule has 1 aliphatic rings. The van der Waals surface area contributed by atoms with Gasteiger partial charge in [-0.3, -0.25) is 14.2 Å². The number of carbonyl (C=O) groups is 1. The number of hydrogen-bond acceptors (Lipinski definition) is 3. The Kier molecular flexibility index (Phi) is 5.62. The normalized spacial score (nSPS) is 16.9. The second-order valence-corrected chi connectivity index (χ2v) is 7.99. The lowest BCUT2D eigenvalue weighted by Gasteiger charge is -2.19. The lowest BCUT2D eigenvalue weighted by atomic mass is 10.1. The Labute approximate surface area is 169 Å². The number of nitrogens with zero attached hydrogens (tertiary/aromatic N) is 4. The van der Waals surface area contributed by atoms with Crippen LogP contribution in [-0.4, -0.2) is 25.5 Å². The first kappa shape index (κ1) is 20.9. The summed E-state index contributed by atoms with van der Waals surface area (Å²) in [7, 11) is 0. The number of amides is 1. The second kappa shape index (κ2) is 7.53. The quantitative estimate of drug-likeness (QED) is 0.688. The third kappa shape index (κ3) is 3.97. The molecule has 154 valence electrons. The SMILES string of the molecule is CCn1cc(C(C)NC(=O)C(C)n2nc(C(F)(F)F)c(Br)c2C2CC2)c(C)n1. The van der Waals surface area contributed by atoms with Crippen LogP contribution < -0.4 is 5.32 Å². The van der Waals surface area contributed by atoms with Crippen molar-refractivity contribution in [2.24, 2.45) is 0 Å². The van der Waals surface area contributed by atoms with E-state index in [9.17, 15) is 18.0 Å². The van der Waals surface area contributed by atoms with Crippen LogP contribution in [0.15, 0.2) is 10.7 Å². The fourth-order valence-electron chi connectivity index (χ4n) is 3.27. The molecule has 1 fully saturated rings. The van der Waals surface area contributed by atoms with Gasteiger partial charge in [0.15, 0.2) is 5.69 Å². The van der Waals surface area contributed by atoms with E-state index in [1.54, 1.807) is 11.6 Å². The Morgan fingerprint density at radius 1 is 1.36 bits per heavy atom. The number of alkyl halides is 3. The van der Waals surface area contributed by atoms with Gasteiger partial charge in [-0.25, -0.2) is 0 Å². The van der Waals surface area contributed by atoms with E-state index in [0.717, 1.165) is 24.1 Å². The molecule has 6 nitrogen and oxygen atoms in total. The number of halogens is 4. The van der Waals surface area contributed by atoms with Crippen molar-refractivity contribution in [3.05, 3.63) is 33.3 Å². The van der Waals surface area contributed by atoms with Gasteiger partial charge in [-0.05, 0) is 56.5 Å². The van der Waals surface area contributed by atoms with Crippen LogP contribution >= 0.6 is 15.9 Å². The summed E-state index contributed by atoms with van der Waals surface area (Å²) in [5.74, 6) is -0.391. The average Bonchev–Trinajstić information content (AvgIpc) is 3.27. The topological polar surface area (TPSA) is 64.7 Å². The minimum atomic E-state index is -4.58. The van der Waals surface area contributed by atoms with Crippen molar-refractivity contribution >= 4 is 21.8 Å². The maximum atomic E-state index is 13.3. The summed E-state index contributed by atoms with van der Waals surface area (Å²) in [6.07, 6.45) is -1.13. The van der Waals surface area contributed by atoms with Crippen LogP contribution in [0.2, 0.25) is 0 Å². The maximum Gasteiger partial charge on any atom is 0.436 e. The first-order chi connectivity index (χ1) is 13.0. The summed E-state index contributed by atoms with van der Waals surface area (Å²) in [6.45, 7) is 7.93. The molecule has 2 unspecified atom stereocenters. The Balaban J connectivity index is 1.84. The van der Waals surface area contributed by atoms with Gasteiger partial charge in [0.1, 0.15) is 6.04 Å². The zero-order valence-electron chi connectivity index (χ0n) is 16.1. The molecule has 2 aromatic rings. The number of hydrogen-bond donors (Lipinski definition) is 1. The zero-order chi connectivity index (χ0) is 20.8. The van der Waals surface area contributed by atoms with Crippen molar-refractivity contribution in [1.82, 2.24) is 24.9 Å². The molecule has 0 spiro atoms. The van der Waals surface area contributed by atoms with Gasteiger partial charge in [0.2, 0.25) is 5.91 Å². The van der Waals surface area contributed by atoms with E-state index in [2.05, 4.69) is 31.4 Å². The number of aromatic nitrogens is 4. The first-order valence-corrected chi connectivity index (χ1v) is 10.0. The molecule has 0 aliphatic heterocycles. The molecule has 1 amide bonds. The van der Waals surface area contributed by atoms with Gasteiger partial charge < -0.3 is 5.32 Å². The molecule has 0 bridgehead atoms. The first-order valence-electron chi connectivity index (χ1n) is 9.24. The third-order valence-electron chi connectivity index (χ3n) is 5.00. The largest absolute Gasteiger partial charge is 0.436 e. The molecular weight excluding hydrogens is 439 g/mol. The predicted octanol–water partition coefficient (Wildman–Crippen LogP) is 4.51. The Bertz CT molecular complexity index is 885. The summed E-state index contributed by atoms with van der Waals surface area (Å²) in [6, 6.07) is -1.19. The molecule has 2 atom stereocenters. The van der Waals surface area contributed by atoms with E-state index in [1.165, 1.54) is 4.68 Å². The van der Waals surface area contributed by atoms with Crippen molar-refractivity contribution in [1.29, 1.82) is 0 Å². The van der Waals surface area contributed by atoms with Gasteiger partial charge >= 0.3 is 6.18 Å². The average molecular weight is 462 g/mol. The molecule has 1 N–H and O–H groups in total. The molecule has 1 aliphatic carbocycles. The fraction of sp³-hybridized carbons (Fsp3) is 0.611. The molecule has 3 rings (SSSR count). The van der Waals surface area contributed by atoms with E-state index in [-0.39, 0.29) is 22.3 Å². The monoisotopic (exact) mass is 461 g/mol. The van der Waals surface area contributed by atoms with Crippen LogP contribution in [-0.2, 0) is 17.5 Å². The lowest BCUT2D eigenvalue weighted by molar-refractivity contribution is -0.142. The van der Waals surface area contributed by atoms with Gasteiger partial charge in [-0.2, -0.15) is 23.4 Å². The molecule has 0 saturated heterocycles. The van der Waals surface area contributed by atoms with Crippen molar-refractivity contribution in [2.45, 2.75) is 71.3 Å². The summed E-state index contributed by atoms with van der Waals surface area (Å²) < 4.78 is 42.8. The van der Waals surface area contributed by atoms with E-state index >= 15 is 0 Å². The van der Waals surface area contributed by atoms with Gasteiger partial charge in [-0.15, -0.1) is 0 Å². The molecule has 0 aromatic carbocycles. The van der Waals surface area contributed by atoms with Gasteiger partial charge in [0, 0.05) is 24.2 Å². The minimum Gasteiger partial charge on any atom is -0.348 e. The van der Waals surface area contributed by atoms with Crippen molar-refractivity contribution in [3.63, 3.8) is 0 Å². The summed E-state index contributed by atoms with van der Waals surface area (Å²) >= 11 is 3.06. The Hall–Kier alpha value is -1.84. The number of rotatable bonds is 6. The molecular formula is C18H23BrF3N5O. The highest BCUT2D eigenvalue weighted by molar-refractivity contribution is 9.10. The molecule has 2 aromatic heterocycles. The van der Waals surface area contributed by atoms with Crippen molar-refractivity contribution in [2.75, 3.05) is 0 Å². The number of nitrogens with one attached hydrogen (secondary N) is 1. The van der Waals surface area contributed by atoms with E-state index in [4.69, 9.17) is 0 Å². The molecule has 28 heavy (non-hydrogen) atoms. The van der Waals surface area contributed by atoms with Crippen molar-refractivity contribution in [3.8, 4) is 0 Å². The van der Waals surface area contributed by atoms with E-state index < -0.39 is 17.9 Å². The Morgan fingerprint density at radius 2 is 2.00 bits per heavy atom. The minimum absolute atomic E-state index is 0.00400. The highest BCUT2D eigenvalue weighted by Crippen LogP contribution is 2.47. The zero-order valence-corrected chi connectivity index (χ0v) is 17.7. The lowest BCUT2D eigenvalue weighted by Crippen LogP contribution is -2.34. The van der Waals surface area contributed by atoms with Crippen LogP contribution in [0.1, 0.15) is 74.3 Å². The van der Waals surface area contributed by atoms with E-state index in [0.29, 0.717) is 12.2 Å². The van der Waals surface area contributed by atoms with Gasteiger partial charge in [-0.1, -0.05) is 0 Å². The number of aryl methyl sites for hydroxylation is 2. The van der Waals surface area contributed by atoms with Crippen LogP contribution in [0.3, 0.4) is 0 Å². The molecule has 0 radical (unpaired) electrons. The van der Waals surface area contributed by atoms with Crippen LogP contribution in [0.25, 0.3) is 0 Å². The van der Waals surface area contributed by atoms with Crippen LogP contribution in [0.4, 0.5) is 13.2 Å². The molecule has 1 saturated carbocycles. The maximum absolute atomic E-state index is 13.3. The Morgan fingerprint density at radius 3 is 2.50 bits per heavy atom. The van der Waals surface area contributed by atoms with Crippen molar-refractivity contribution < 1.29 is 18.0 Å². The standard InChI is InChI=1S/C18H23BrF3N5O/c1-5-26-8-13(10(3)24-26)9(2)23-17(28)11(4)27-15(12-6-7-12)14(19)16(25-27)18(20,21)22/h8-9,11-12H,5-7H2,1-4H3,(H,23,28). The molecule has 2 heterocycles. The highest BCUT2D eigenvalue weighted by atomic mass is 79.9. The summed E-state index contributed by atoms with van der Waals surface area (Å²) in [5.41, 5.74) is 1.14. The second-order valence-electron chi connectivity index (χ2n) is 7.20. The fourth-order valence-corrected chi connectivity index (χ4v) is 4.08. The smallest absolute Gasteiger partial charge is 0.348 e. The summed E-state index contributed by atoms with van der Waals surface area (Å²) in [5, 5.41) is 11.0. The summed E-state index contributed by atoms with van der Waals surface area (Å²) in [4.78, 5) is 12.8. The predicted molar refractivity (Wildman–Crippen MR) is 101 cm³/mol. The highest BCUT2D eigenvalue weighted by Gasteiger charge is 2.43. The number of carbonyl (C=O) groups excluding carboxylic acids is 1. The van der Waals surface area contributed by atoms with Gasteiger partial charge in [0.05, 0.1) is 21.9 Å². The third-order valence-corrected chi connectivity index (χ3v) is 5.78.